The number of anilines is 2. The Bertz CT molecular complexity index is 1080. The average molecular weight is 459 g/mol. The Labute approximate surface area is 197 Å². The summed E-state index contributed by atoms with van der Waals surface area (Å²) in [5, 5.41) is 10.3. The molecule has 0 saturated carbocycles. The van der Waals surface area contributed by atoms with E-state index in [1.54, 1.807) is 32.0 Å². The Morgan fingerprint density at radius 1 is 0.529 bits per heavy atom. The summed E-state index contributed by atoms with van der Waals surface area (Å²) >= 11 is 0. The molecule has 4 amide bonds. The van der Waals surface area contributed by atoms with Crippen LogP contribution in [0.15, 0.2) is 84.9 Å². The zero-order valence-electron chi connectivity index (χ0n) is 18.9. The molecule has 2 atom stereocenters. The second-order valence-electron chi connectivity index (χ2n) is 7.70. The number of carbonyl (C=O) groups is 4. The molecule has 4 N–H and O–H groups in total. The summed E-state index contributed by atoms with van der Waals surface area (Å²) in [4.78, 5) is 49.1. The Morgan fingerprint density at radius 2 is 0.912 bits per heavy atom. The highest BCUT2D eigenvalue weighted by molar-refractivity contribution is 6.40. The predicted octanol–water partition coefficient (Wildman–Crippen LogP) is 3.32. The third-order valence-electron chi connectivity index (χ3n) is 5.09. The number of benzene rings is 3. The van der Waals surface area contributed by atoms with Gasteiger partial charge in [-0.1, -0.05) is 66.7 Å². The Morgan fingerprint density at radius 3 is 1.29 bits per heavy atom. The van der Waals surface area contributed by atoms with Gasteiger partial charge < -0.3 is 21.3 Å². The lowest BCUT2D eigenvalue weighted by Gasteiger charge is -2.15. The van der Waals surface area contributed by atoms with Gasteiger partial charge in [0.05, 0.1) is 12.1 Å². The van der Waals surface area contributed by atoms with Crippen molar-refractivity contribution in [3.8, 4) is 0 Å². The van der Waals surface area contributed by atoms with E-state index in [0.717, 1.165) is 11.1 Å². The molecule has 0 aromatic heterocycles. The maximum Gasteiger partial charge on any atom is 0.313 e. The fraction of sp³-hybridized carbons (Fsp3) is 0.154. The van der Waals surface area contributed by atoms with Gasteiger partial charge in [0.15, 0.2) is 0 Å². The van der Waals surface area contributed by atoms with E-state index in [4.69, 9.17) is 0 Å². The van der Waals surface area contributed by atoms with Gasteiger partial charge in [-0.3, -0.25) is 19.2 Å². The van der Waals surface area contributed by atoms with Crippen molar-refractivity contribution in [2.24, 2.45) is 0 Å². The number of hydrogen-bond donors (Lipinski definition) is 4. The van der Waals surface area contributed by atoms with Crippen molar-refractivity contribution in [2.75, 3.05) is 10.6 Å². The third-order valence-corrected chi connectivity index (χ3v) is 5.09. The van der Waals surface area contributed by atoms with E-state index < -0.39 is 23.6 Å². The summed E-state index contributed by atoms with van der Waals surface area (Å²) in [6, 6.07) is 24.0. The lowest BCUT2D eigenvalue weighted by molar-refractivity contribution is -0.136. The molecule has 174 valence electrons. The summed E-state index contributed by atoms with van der Waals surface area (Å²) in [5.41, 5.74) is 2.33. The first-order valence-electron chi connectivity index (χ1n) is 10.8. The van der Waals surface area contributed by atoms with E-state index in [1.165, 1.54) is 6.07 Å². The molecule has 2 unspecified atom stereocenters. The van der Waals surface area contributed by atoms with E-state index in [9.17, 15) is 19.2 Å². The molecule has 0 fully saturated rings. The highest BCUT2D eigenvalue weighted by Crippen LogP contribution is 2.16. The van der Waals surface area contributed by atoms with E-state index in [0.29, 0.717) is 11.4 Å². The van der Waals surface area contributed by atoms with Gasteiger partial charge in [0, 0.05) is 11.4 Å². The van der Waals surface area contributed by atoms with Crippen molar-refractivity contribution in [3.05, 3.63) is 96.1 Å². The number of rotatable bonds is 6. The predicted molar refractivity (Wildman–Crippen MR) is 130 cm³/mol. The van der Waals surface area contributed by atoms with Gasteiger partial charge in [-0.2, -0.15) is 0 Å². The largest absolute Gasteiger partial charge is 0.341 e. The summed E-state index contributed by atoms with van der Waals surface area (Å²) in [6.07, 6.45) is 0. The van der Waals surface area contributed by atoms with E-state index in [-0.39, 0.29) is 12.1 Å². The highest BCUT2D eigenvalue weighted by atomic mass is 16.2. The third kappa shape index (κ3) is 6.77. The van der Waals surface area contributed by atoms with Gasteiger partial charge in [0.25, 0.3) is 0 Å². The van der Waals surface area contributed by atoms with E-state index >= 15 is 0 Å². The van der Waals surface area contributed by atoms with Crippen molar-refractivity contribution in [3.63, 3.8) is 0 Å². The van der Waals surface area contributed by atoms with Gasteiger partial charge in [-0.05, 0) is 43.2 Å². The SMILES string of the molecule is CC(NC(=O)C(=O)Nc1cccc(NC(=O)C(=O)NC(C)c2ccccc2)c1)c1ccccc1. The van der Waals surface area contributed by atoms with Crippen LogP contribution in [0.5, 0.6) is 0 Å². The molecule has 0 spiro atoms. The molecule has 3 aromatic carbocycles. The van der Waals surface area contributed by atoms with Gasteiger partial charge in [0.2, 0.25) is 0 Å². The Balaban J connectivity index is 1.54. The molecule has 8 nitrogen and oxygen atoms in total. The smallest absolute Gasteiger partial charge is 0.313 e. The van der Waals surface area contributed by atoms with Crippen LogP contribution in [0.25, 0.3) is 0 Å². The molecule has 34 heavy (non-hydrogen) atoms. The van der Waals surface area contributed by atoms with Crippen LogP contribution in [0, 0.1) is 0 Å². The zero-order chi connectivity index (χ0) is 24.5. The van der Waals surface area contributed by atoms with Gasteiger partial charge >= 0.3 is 23.6 Å². The first-order chi connectivity index (χ1) is 16.3. The fourth-order valence-electron chi connectivity index (χ4n) is 3.22. The quantitative estimate of drug-likeness (QED) is 0.424. The molecule has 0 aliphatic carbocycles. The topological polar surface area (TPSA) is 116 Å². The summed E-state index contributed by atoms with van der Waals surface area (Å²) in [6.45, 7) is 3.56. The van der Waals surface area contributed by atoms with Crippen molar-refractivity contribution in [2.45, 2.75) is 25.9 Å². The van der Waals surface area contributed by atoms with Gasteiger partial charge in [0.1, 0.15) is 0 Å². The van der Waals surface area contributed by atoms with Crippen molar-refractivity contribution in [1.29, 1.82) is 0 Å². The molecule has 3 rings (SSSR count). The van der Waals surface area contributed by atoms with E-state index in [1.807, 2.05) is 60.7 Å². The van der Waals surface area contributed by atoms with Crippen LogP contribution in [0.3, 0.4) is 0 Å². The molecule has 8 heteroatoms. The van der Waals surface area contributed by atoms with Crippen molar-refractivity contribution < 1.29 is 19.2 Å². The standard InChI is InChI=1S/C26H26N4O4/c1-17(19-10-5-3-6-11-19)27-23(31)25(33)29-21-14-9-15-22(16-21)30-26(34)24(32)28-18(2)20-12-7-4-8-13-20/h3-18H,1-2H3,(H,27,31)(H,28,32)(H,29,33)(H,30,34). The fourth-order valence-corrected chi connectivity index (χ4v) is 3.22. The lowest BCUT2D eigenvalue weighted by Crippen LogP contribution is -2.37. The molecule has 0 bridgehead atoms. The number of hydrogen-bond acceptors (Lipinski definition) is 4. The van der Waals surface area contributed by atoms with Gasteiger partial charge in [-0.25, -0.2) is 0 Å². The molecular formula is C26H26N4O4. The molecule has 0 radical (unpaired) electrons. The zero-order valence-corrected chi connectivity index (χ0v) is 18.9. The van der Waals surface area contributed by atoms with Crippen LogP contribution in [0.1, 0.15) is 37.1 Å². The van der Waals surface area contributed by atoms with Crippen LogP contribution >= 0.6 is 0 Å². The van der Waals surface area contributed by atoms with Crippen molar-refractivity contribution in [1.82, 2.24) is 10.6 Å². The molecule has 0 heterocycles. The maximum atomic E-state index is 12.3. The summed E-state index contributed by atoms with van der Waals surface area (Å²) in [7, 11) is 0. The van der Waals surface area contributed by atoms with Gasteiger partial charge in [-0.15, -0.1) is 0 Å². The molecular weight excluding hydrogens is 432 g/mol. The maximum absolute atomic E-state index is 12.3. The second kappa shape index (κ2) is 11.4. The Hall–Kier alpha value is -4.46. The normalized spacial score (nSPS) is 12.1. The lowest BCUT2D eigenvalue weighted by atomic mass is 10.1. The molecule has 0 aliphatic heterocycles. The van der Waals surface area contributed by atoms with Crippen LogP contribution in [-0.2, 0) is 19.2 Å². The highest BCUT2D eigenvalue weighted by Gasteiger charge is 2.19. The van der Waals surface area contributed by atoms with Crippen LogP contribution in [0.2, 0.25) is 0 Å². The molecule has 0 aliphatic rings. The summed E-state index contributed by atoms with van der Waals surface area (Å²) in [5.74, 6) is -3.28. The van der Waals surface area contributed by atoms with Crippen LogP contribution in [0.4, 0.5) is 11.4 Å². The first-order valence-corrected chi connectivity index (χ1v) is 10.8. The van der Waals surface area contributed by atoms with Crippen LogP contribution in [-0.4, -0.2) is 23.6 Å². The number of amides is 4. The monoisotopic (exact) mass is 458 g/mol. The molecule has 3 aromatic rings. The Kier molecular flexibility index (Phi) is 8.12. The van der Waals surface area contributed by atoms with Crippen molar-refractivity contribution >= 4 is 35.0 Å². The van der Waals surface area contributed by atoms with E-state index in [2.05, 4.69) is 21.3 Å². The minimum Gasteiger partial charge on any atom is -0.341 e. The van der Waals surface area contributed by atoms with Crippen LogP contribution < -0.4 is 21.3 Å². The minimum absolute atomic E-state index is 0.295. The minimum atomic E-state index is -0.847. The average Bonchev–Trinajstić information content (AvgIpc) is 2.85. The number of nitrogens with one attached hydrogen (secondary N) is 4. The number of carbonyl (C=O) groups excluding carboxylic acids is 4. The molecule has 0 saturated heterocycles. The summed E-state index contributed by atoms with van der Waals surface area (Å²) < 4.78 is 0. The second-order valence-corrected chi connectivity index (χ2v) is 7.70. The first kappa shape index (κ1) is 24.2.